The lowest BCUT2D eigenvalue weighted by molar-refractivity contribution is 0.508. The Kier molecular flexibility index (Phi) is 2.79. The lowest BCUT2D eigenvalue weighted by Gasteiger charge is -2.17. The predicted octanol–water partition coefficient (Wildman–Crippen LogP) is 3.14. The molecule has 0 spiro atoms. The maximum atomic E-state index is 4.70. The van der Waals surface area contributed by atoms with E-state index in [-0.39, 0.29) is 0 Å². The molecule has 0 amide bonds. The minimum absolute atomic E-state index is 0.723. The Morgan fingerprint density at radius 2 is 2.17 bits per heavy atom. The zero-order valence-corrected chi connectivity index (χ0v) is 14.8. The van der Waals surface area contributed by atoms with Crippen LogP contribution in [0.2, 0.25) is 0 Å². The third-order valence-corrected chi connectivity index (χ3v) is 6.52. The van der Waals surface area contributed by atoms with E-state index in [2.05, 4.69) is 26.6 Å². The molecule has 0 aromatic carbocycles. The van der Waals surface area contributed by atoms with Gasteiger partial charge in [0.15, 0.2) is 10.8 Å². The first-order chi connectivity index (χ1) is 11.2. The highest BCUT2D eigenvalue weighted by atomic mass is 32.2. The van der Waals surface area contributed by atoms with E-state index in [4.69, 9.17) is 4.98 Å². The first kappa shape index (κ1) is 13.7. The second-order valence-electron chi connectivity index (χ2n) is 6.25. The van der Waals surface area contributed by atoms with Crippen molar-refractivity contribution in [3.63, 3.8) is 0 Å². The maximum absolute atomic E-state index is 4.70. The zero-order chi connectivity index (χ0) is 15.7. The van der Waals surface area contributed by atoms with Gasteiger partial charge in [0.2, 0.25) is 0 Å². The number of nitrogens with zero attached hydrogens (tertiary/aromatic N) is 6. The fraction of sp³-hybridized carbons (Fsp3) is 0.467. The van der Waals surface area contributed by atoms with Crippen LogP contribution in [-0.2, 0) is 12.8 Å². The van der Waals surface area contributed by atoms with Gasteiger partial charge >= 0.3 is 0 Å². The minimum atomic E-state index is 0.723. The van der Waals surface area contributed by atoms with E-state index < -0.39 is 0 Å². The van der Waals surface area contributed by atoms with Crippen molar-refractivity contribution in [2.45, 2.75) is 38.3 Å². The molecule has 6 nitrogen and oxygen atoms in total. The normalized spacial score (nSPS) is 18.3. The highest BCUT2D eigenvalue weighted by Gasteiger charge is 2.26. The third-order valence-electron chi connectivity index (χ3n) is 4.62. The topological polar surface area (TPSA) is 60.4 Å². The molecule has 0 fully saturated rings. The molecule has 5 rings (SSSR count). The lowest BCUT2D eigenvalue weighted by Crippen LogP contribution is -2.09. The number of aryl methyl sites for hydroxylation is 2. The Morgan fingerprint density at radius 3 is 3.00 bits per heavy atom. The first-order valence-electron chi connectivity index (χ1n) is 7.76. The second kappa shape index (κ2) is 4.67. The van der Waals surface area contributed by atoms with Crippen LogP contribution in [0.5, 0.6) is 0 Å². The Morgan fingerprint density at radius 1 is 1.30 bits per heavy atom. The number of rotatable bonds is 1. The number of hydrogen-bond acceptors (Lipinski definition) is 6. The first-order valence-corrected chi connectivity index (χ1v) is 9.80. The molecule has 4 aromatic rings. The minimum Gasteiger partial charge on any atom is -0.244 e. The van der Waals surface area contributed by atoms with Crippen LogP contribution in [-0.4, -0.2) is 35.5 Å². The molecule has 0 saturated heterocycles. The molecule has 1 aliphatic carbocycles. The molecule has 4 heterocycles. The van der Waals surface area contributed by atoms with E-state index in [0.717, 1.165) is 41.2 Å². The number of thioether (sulfide) groups is 1. The Bertz CT molecular complexity index is 1070. The molecular formula is C15H16N6S2. The summed E-state index contributed by atoms with van der Waals surface area (Å²) in [6.07, 6.45) is 5.59. The summed E-state index contributed by atoms with van der Waals surface area (Å²) in [4.78, 5) is 7.41. The van der Waals surface area contributed by atoms with Crippen molar-refractivity contribution in [3.05, 3.63) is 16.3 Å². The molecule has 1 aliphatic rings. The monoisotopic (exact) mass is 344 g/mol. The predicted molar refractivity (Wildman–Crippen MR) is 92.6 cm³/mol. The van der Waals surface area contributed by atoms with Gasteiger partial charge in [-0.2, -0.15) is 4.52 Å². The number of hydrogen-bond donors (Lipinski definition) is 0. The largest absolute Gasteiger partial charge is 0.260 e. The summed E-state index contributed by atoms with van der Waals surface area (Å²) in [5.74, 6) is 2.25. The summed E-state index contributed by atoms with van der Waals surface area (Å²) in [5.41, 5.74) is 2.39. The van der Waals surface area contributed by atoms with Crippen LogP contribution < -0.4 is 0 Å². The number of fused-ring (bicyclic) bond motifs is 8. The average Bonchev–Trinajstić information content (AvgIpc) is 3.19. The van der Waals surface area contributed by atoms with Gasteiger partial charge in [0.1, 0.15) is 10.7 Å². The van der Waals surface area contributed by atoms with Crippen molar-refractivity contribution in [2.24, 2.45) is 5.92 Å². The quantitative estimate of drug-likeness (QED) is 0.497. The fourth-order valence-corrected chi connectivity index (χ4v) is 5.43. The molecule has 23 heavy (non-hydrogen) atoms. The van der Waals surface area contributed by atoms with Crippen LogP contribution in [0.15, 0.2) is 5.16 Å². The van der Waals surface area contributed by atoms with E-state index in [9.17, 15) is 0 Å². The van der Waals surface area contributed by atoms with Crippen LogP contribution >= 0.6 is 23.1 Å². The molecule has 0 N–H and O–H groups in total. The zero-order valence-electron chi connectivity index (χ0n) is 13.2. The summed E-state index contributed by atoms with van der Waals surface area (Å²) >= 11 is 3.49. The standard InChI is InChI=1S/C15H16N6S2/c1-7-4-5-10-9(6-7)11-12-16-8(2)19-21(12)14-17-18-15(22-3)20(14)13(11)23-10/h7H,4-6H2,1-3H3. The van der Waals surface area contributed by atoms with Crippen LogP contribution in [0.3, 0.4) is 0 Å². The van der Waals surface area contributed by atoms with Gasteiger partial charge in [0.25, 0.3) is 5.78 Å². The van der Waals surface area contributed by atoms with Crippen molar-refractivity contribution in [1.29, 1.82) is 0 Å². The van der Waals surface area contributed by atoms with E-state index in [1.165, 1.54) is 27.1 Å². The molecule has 118 valence electrons. The SMILES string of the molecule is CSc1nnc2n3nc(C)nc3c3c4c(sc3n12)CCC(C)C4. The van der Waals surface area contributed by atoms with Crippen LogP contribution in [0.25, 0.3) is 21.6 Å². The summed E-state index contributed by atoms with van der Waals surface area (Å²) < 4.78 is 4.01. The molecule has 0 bridgehead atoms. The van der Waals surface area contributed by atoms with Crippen LogP contribution in [0.1, 0.15) is 29.6 Å². The molecular weight excluding hydrogens is 328 g/mol. The van der Waals surface area contributed by atoms with Crippen molar-refractivity contribution < 1.29 is 0 Å². The molecule has 4 aromatic heterocycles. The Hall–Kier alpha value is -1.67. The Balaban J connectivity index is 2.05. The second-order valence-corrected chi connectivity index (χ2v) is 8.11. The van der Waals surface area contributed by atoms with E-state index in [1.807, 2.05) is 29.0 Å². The molecule has 1 atom stereocenters. The molecule has 1 unspecified atom stereocenters. The average molecular weight is 344 g/mol. The molecule has 0 saturated carbocycles. The molecule has 8 heteroatoms. The van der Waals surface area contributed by atoms with Gasteiger partial charge in [-0.25, -0.2) is 9.38 Å². The Labute approximate surface area is 140 Å². The number of aromatic nitrogens is 6. The van der Waals surface area contributed by atoms with Crippen molar-refractivity contribution in [3.8, 4) is 0 Å². The van der Waals surface area contributed by atoms with Crippen LogP contribution in [0, 0.1) is 12.8 Å². The van der Waals surface area contributed by atoms with Gasteiger partial charge in [-0.05, 0) is 43.9 Å². The van der Waals surface area contributed by atoms with Gasteiger partial charge in [0.05, 0.1) is 5.39 Å². The highest BCUT2D eigenvalue weighted by Crippen LogP contribution is 2.40. The van der Waals surface area contributed by atoms with Crippen molar-refractivity contribution in [2.75, 3.05) is 6.26 Å². The third kappa shape index (κ3) is 1.76. The van der Waals surface area contributed by atoms with E-state index in [1.54, 1.807) is 11.8 Å². The van der Waals surface area contributed by atoms with Crippen molar-refractivity contribution in [1.82, 2.24) is 29.2 Å². The lowest BCUT2D eigenvalue weighted by atomic mass is 9.89. The van der Waals surface area contributed by atoms with Gasteiger partial charge in [0, 0.05) is 4.88 Å². The molecule has 0 aliphatic heterocycles. The molecule has 0 radical (unpaired) electrons. The number of thiophene rings is 1. The van der Waals surface area contributed by atoms with E-state index in [0.29, 0.717) is 0 Å². The van der Waals surface area contributed by atoms with Gasteiger partial charge in [-0.3, -0.25) is 0 Å². The maximum Gasteiger partial charge on any atom is 0.260 e. The van der Waals surface area contributed by atoms with E-state index >= 15 is 0 Å². The van der Waals surface area contributed by atoms with Crippen LogP contribution in [0.4, 0.5) is 0 Å². The van der Waals surface area contributed by atoms with Crippen molar-refractivity contribution >= 4 is 44.7 Å². The smallest absolute Gasteiger partial charge is 0.244 e. The van der Waals surface area contributed by atoms with Gasteiger partial charge < -0.3 is 0 Å². The highest BCUT2D eigenvalue weighted by molar-refractivity contribution is 7.98. The summed E-state index contributed by atoms with van der Waals surface area (Å²) in [7, 11) is 0. The summed E-state index contributed by atoms with van der Waals surface area (Å²) in [6.45, 7) is 4.27. The van der Waals surface area contributed by atoms with Gasteiger partial charge in [-0.1, -0.05) is 18.7 Å². The fourth-order valence-electron chi connectivity index (χ4n) is 3.56. The van der Waals surface area contributed by atoms with Gasteiger partial charge in [-0.15, -0.1) is 26.6 Å². The summed E-state index contributed by atoms with van der Waals surface area (Å²) in [6, 6.07) is 0. The summed E-state index contributed by atoms with van der Waals surface area (Å²) in [5, 5.41) is 15.4.